The Bertz CT molecular complexity index is 713. The van der Waals surface area contributed by atoms with Crippen LogP contribution in [0.4, 0.5) is 25.0 Å². The van der Waals surface area contributed by atoms with Crippen LogP contribution in [0, 0.1) is 18.6 Å². The summed E-state index contributed by atoms with van der Waals surface area (Å²) < 4.78 is 26.3. The van der Waals surface area contributed by atoms with Crippen molar-refractivity contribution < 1.29 is 23.5 Å². The van der Waals surface area contributed by atoms with Gasteiger partial charge in [-0.2, -0.15) is 0 Å². The molecule has 1 heterocycles. The number of rotatable bonds is 3. The van der Waals surface area contributed by atoms with Gasteiger partial charge in [-0.1, -0.05) is 0 Å². The van der Waals surface area contributed by atoms with Crippen LogP contribution in [0.1, 0.15) is 16.2 Å². The maximum atomic E-state index is 13.4. The van der Waals surface area contributed by atoms with Gasteiger partial charge in [0.15, 0.2) is 0 Å². The second-order valence-electron chi connectivity index (χ2n) is 4.25. The van der Waals surface area contributed by atoms with Gasteiger partial charge in [0.25, 0.3) is 0 Å². The lowest BCUT2D eigenvalue weighted by Gasteiger charge is -2.08. The van der Waals surface area contributed by atoms with Crippen molar-refractivity contribution in [1.82, 2.24) is 4.98 Å². The number of anilines is 2. The number of urea groups is 1. The summed E-state index contributed by atoms with van der Waals surface area (Å²) in [4.78, 5) is 25.2. The summed E-state index contributed by atoms with van der Waals surface area (Å²) in [6.45, 7) is 1.61. The molecule has 110 valence electrons. The molecular weight excluding hydrogens is 284 g/mol. The number of benzene rings is 1. The second-order valence-corrected chi connectivity index (χ2v) is 4.25. The third-order valence-electron chi connectivity index (χ3n) is 2.59. The zero-order valence-corrected chi connectivity index (χ0v) is 10.8. The molecule has 0 atom stereocenters. The molecule has 0 saturated carbocycles. The Kier molecular flexibility index (Phi) is 3.88. The SMILES string of the molecule is Cc1cc(NC(=O)Nc2cc(F)ccc2F)c(C(=O)O)[nH]1. The molecule has 0 bridgehead atoms. The summed E-state index contributed by atoms with van der Waals surface area (Å²) in [5.74, 6) is -2.78. The second kappa shape index (κ2) is 5.61. The van der Waals surface area contributed by atoms with Crippen LogP contribution in [0.5, 0.6) is 0 Å². The molecule has 0 aliphatic heterocycles. The molecule has 0 unspecified atom stereocenters. The number of aromatic carboxylic acids is 1. The number of aryl methyl sites for hydroxylation is 1. The van der Waals surface area contributed by atoms with E-state index in [1.165, 1.54) is 6.07 Å². The van der Waals surface area contributed by atoms with Gasteiger partial charge in [0, 0.05) is 11.8 Å². The topological polar surface area (TPSA) is 94.2 Å². The lowest BCUT2D eigenvalue weighted by atomic mass is 10.3. The van der Waals surface area contributed by atoms with Gasteiger partial charge < -0.3 is 20.7 Å². The Morgan fingerprint density at radius 3 is 2.48 bits per heavy atom. The number of carboxylic acids is 1. The maximum Gasteiger partial charge on any atom is 0.354 e. The minimum Gasteiger partial charge on any atom is -0.477 e. The highest BCUT2D eigenvalue weighted by Crippen LogP contribution is 2.19. The van der Waals surface area contributed by atoms with Gasteiger partial charge in [-0.3, -0.25) is 0 Å². The standard InChI is InChI=1S/C13H11F2N3O3/c1-6-4-10(11(16-6)12(19)20)18-13(21)17-9-5-7(14)2-3-8(9)15/h2-5,16H,1H3,(H,19,20)(H2,17,18,21). The number of carboxylic acid groups (broad SMARTS) is 1. The van der Waals surface area contributed by atoms with E-state index in [-0.39, 0.29) is 17.1 Å². The van der Waals surface area contributed by atoms with E-state index in [0.717, 1.165) is 18.2 Å². The van der Waals surface area contributed by atoms with Gasteiger partial charge in [0.2, 0.25) is 0 Å². The molecule has 8 heteroatoms. The minimum absolute atomic E-state index is 0.0225. The van der Waals surface area contributed by atoms with Crippen molar-refractivity contribution in [3.05, 3.63) is 47.3 Å². The molecule has 0 radical (unpaired) electrons. The molecular formula is C13H11F2N3O3. The number of carbonyl (C=O) groups excluding carboxylic acids is 1. The predicted octanol–water partition coefficient (Wildman–Crippen LogP) is 2.94. The molecule has 6 nitrogen and oxygen atoms in total. The van der Waals surface area contributed by atoms with Crippen LogP contribution in [0.25, 0.3) is 0 Å². The lowest BCUT2D eigenvalue weighted by Crippen LogP contribution is -2.21. The molecule has 2 rings (SSSR count). The summed E-state index contributed by atoms with van der Waals surface area (Å²) in [6.07, 6.45) is 0. The van der Waals surface area contributed by atoms with Gasteiger partial charge in [-0.15, -0.1) is 0 Å². The normalized spacial score (nSPS) is 10.2. The third kappa shape index (κ3) is 3.35. The van der Waals surface area contributed by atoms with Gasteiger partial charge in [-0.25, -0.2) is 18.4 Å². The van der Waals surface area contributed by atoms with Gasteiger partial charge >= 0.3 is 12.0 Å². The van der Waals surface area contributed by atoms with Crippen LogP contribution in [0.2, 0.25) is 0 Å². The number of carbonyl (C=O) groups is 2. The number of hydrogen-bond donors (Lipinski definition) is 4. The van der Waals surface area contributed by atoms with Crippen molar-refractivity contribution in [2.75, 3.05) is 10.6 Å². The largest absolute Gasteiger partial charge is 0.477 e. The molecule has 2 aromatic rings. The van der Waals surface area contributed by atoms with E-state index in [0.29, 0.717) is 5.69 Å². The number of H-pyrrole nitrogens is 1. The number of aromatic amines is 1. The average Bonchev–Trinajstić information content (AvgIpc) is 2.75. The van der Waals surface area contributed by atoms with Crippen LogP contribution < -0.4 is 10.6 Å². The van der Waals surface area contributed by atoms with Gasteiger partial charge in [-0.05, 0) is 25.1 Å². The smallest absolute Gasteiger partial charge is 0.354 e. The summed E-state index contributed by atoms with van der Waals surface area (Å²) >= 11 is 0. The fraction of sp³-hybridized carbons (Fsp3) is 0.0769. The zero-order chi connectivity index (χ0) is 15.6. The van der Waals surface area contributed by atoms with E-state index in [9.17, 15) is 18.4 Å². The first-order chi connectivity index (χ1) is 9.86. The maximum absolute atomic E-state index is 13.4. The molecule has 0 fully saturated rings. The number of amides is 2. The minimum atomic E-state index is -1.25. The Morgan fingerprint density at radius 2 is 1.81 bits per heavy atom. The highest BCUT2D eigenvalue weighted by molar-refractivity contribution is 6.04. The quantitative estimate of drug-likeness (QED) is 0.701. The first kappa shape index (κ1) is 14.5. The Morgan fingerprint density at radius 1 is 1.14 bits per heavy atom. The van der Waals surface area contributed by atoms with E-state index in [1.807, 2.05) is 0 Å². The lowest BCUT2D eigenvalue weighted by molar-refractivity contribution is 0.0692. The molecule has 21 heavy (non-hydrogen) atoms. The molecule has 0 spiro atoms. The molecule has 0 saturated heterocycles. The number of aromatic nitrogens is 1. The summed E-state index contributed by atoms with van der Waals surface area (Å²) in [6, 6.07) is 3.12. The molecule has 4 N–H and O–H groups in total. The molecule has 0 aliphatic carbocycles. The number of hydrogen-bond acceptors (Lipinski definition) is 2. The van der Waals surface area contributed by atoms with Gasteiger partial charge in [0.05, 0.1) is 11.4 Å². The van der Waals surface area contributed by atoms with Crippen LogP contribution in [-0.4, -0.2) is 22.1 Å². The van der Waals surface area contributed by atoms with Crippen molar-refractivity contribution in [2.24, 2.45) is 0 Å². The van der Waals surface area contributed by atoms with Crippen molar-refractivity contribution in [3.63, 3.8) is 0 Å². The van der Waals surface area contributed by atoms with E-state index >= 15 is 0 Å². The Balaban J connectivity index is 2.15. The molecule has 2 amide bonds. The van der Waals surface area contributed by atoms with Crippen molar-refractivity contribution >= 4 is 23.4 Å². The highest BCUT2D eigenvalue weighted by atomic mass is 19.1. The van der Waals surface area contributed by atoms with Crippen molar-refractivity contribution in [2.45, 2.75) is 6.92 Å². The Labute approximate surface area is 117 Å². The van der Waals surface area contributed by atoms with E-state index in [4.69, 9.17) is 5.11 Å². The molecule has 1 aromatic carbocycles. The first-order valence-electron chi connectivity index (χ1n) is 5.83. The summed E-state index contributed by atoms with van der Waals surface area (Å²) in [5.41, 5.74) is -0.00653. The molecule has 1 aromatic heterocycles. The van der Waals surface area contributed by atoms with Crippen molar-refractivity contribution in [1.29, 1.82) is 0 Å². The monoisotopic (exact) mass is 295 g/mol. The van der Waals surface area contributed by atoms with Crippen LogP contribution in [0.15, 0.2) is 24.3 Å². The number of nitrogens with one attached hydrogen (secondary N) is 3. The summed E-state index contributed by atoms with van der Waals surface area (Å²) in [7, 11) is 0. The van der Waals surface area contributed by atoms with Gasteiger partial charge in [0.1, 0.15) is 17.3 Å². The number of halogens is 2. The fourth-order valence-electron chi connectivity index (χ4n) is 1.73. The van der Waals surface area contributed by atoms with E-state index in [1.54, 1.807) is 6.92 Å². The average molecular weight is 295 g/mol. The van der Waals surface area contributed by atoms with E-state index < -0.39 is 23.6 Å². The van der Waals surface area contributed by atoms with Crippen LogP contribution >= 0.6 is 0 Å². The fourth-order valence-corrected chi connectivity index (χ4v) is 1.73. The predicted molar refractivity (Wildman–Crippen MR) is 71.5 cm³/mol. The zero-order valence-electron chi connectivity index (χ0n) is 10.8. The highest BCUT2D eigenvalue weighted by Gasteiger charge is 2.16. The van der Waals surface area contributed by atoms with E-state index in [2.05, 4.69) is 15.6 Å². The molecule has 0 aliphatic rings. The van der Waals surface area contributed by atoms with Crippen LogP contribution in [0.3, 0.4) is 0 Å². The first-order valence-corrected chi connectivity index (χ1v) is 5.83. The van der Waals surface area contributed by atoms with Crippen molar-refractivity contribution in [3.8, 4) is 0 Å². The Hall–Kier alpha value is -2.90. The van der Waals surface area contributed by atoms with Crippen LogP contribution in [-0.2, 0) is 0 Å². The summed E-state index contributed by atoms with van der Waals surface area (Å²) in [5, 5.41) is 13.3. The third-order valence-corrected chi connectivity index (χ3v) is 2.59.